The Kier molecular flexibility index (Phi) is 5.79. The first-order valence-corrected chi connectivity index (χ1v) is 9.60. The number of nitrogens with zero attached hydrogens (tertiary/aromatic N) is 1. The van der Waals surface area contributed by atoms with E-state index in [1.807, 2.05) is 20.9 Å². The minimum Gasteiger partial charge on any atom is -0.378 e. The summed E-state index contributed by atoms with van der Waals surface area (Å²) in [4.78, 5) is 1.08. The lowest BCUT2D eigenvalue weighted by atomic mass is 10.1. The predicted octanol–water partition coefficient (Wildman–Crippen LogP) is 1.97. The van der Waals surface area contributed by atoms with Gasteiger partial charge in [0.2, 0.25) is 0 Å². The molecule has 21 heavy (non-hydrogen) atoms. The molecule has 1 aromatic rings. The van der Waals surface area contributed by atoms with Gasteiger partial charge in [0.05, 0.1) is 6.10 Å². The van der Waals surface area contributed by atoms with Crippen molar-refractivity contribution in [2.75, 3.05) is 26.7 Å². The highest BCUT2D eigenvalue weighted by Crippen LogP contribution is 2.30. The summed E-state index contributed by atoms with van der Waals surface area (Å²) in [5.41, 5.74) is 1.04. The van der Waals surface area contributed by atoms with Crippen LogP contribution >= 0.6 is 11.3 Å². The fourth-order valence-electron chi connectivity index (χ4n) is 2.55. The zero-order valence-corrected chi connectivity index (χ0v) is 14.5. The Morgan fingerprint density at radius 2 is 2.10 bits per heavy atom. The van der Waals surface area contributed by atoms with Crippen LogP contribution in [0.4, 0.5) is 0 Å². The Hall–Kier alpha value is -0.470. The van der Waals surface area contributed by atoms with Gasteiger partial charge in [0, 0.05) is 31.1 Å². The van der Waals surface area contributed by atoms with Crippen molar-refractivity contribution >= 4 is 21.4 Å². The number of thiophene rings is 1. The monoisotopic (exact) mass is 332 g/mol. The third kappa shape index (κ3) is 3.84. The predicted molar refractivity (Wildman–Crippen MR) is 85.2 cm³/mol. The molecule has 0 amide bonds. The Balaban J connectivity index is 2.10. The molecule has 7 heteroatoms. The molecular formula is C14H24N2O3S2. The number of aryl methyl sites for hydroxylation is 1. The minimum absolute atomic E-state index is 0.200. The quantitative estimate of drug-likeness (QED) is 0.865. The van der Waals surface area contributed by atoms with Crippen LogP contribution in [0.15, 0.2) is 10.3 Å². The molecule has 0 saturated carbocycles. The van der Waals surface area contributed by atoms with Gasteiger partial charge in [0.25, 0.3) is 10.0 Å². The molecule has 0 bridgehead atoms. The second-order valence-corrected chi connectivity index (χ2v) is 8.56. The van der Waals surface area contributed by atoms with Gasteiger partial charge in [-0.05, 0) is 45.4 Å². The first kappa shape index (κ1) is 16.9. The molecular weight excluding hydrogens is 308 g/mol. The average molecular weight is 332 g/mol. The van der Waals surface area contributed by atoms with Crippen molar-refractivity contribution in [2.45, 2.75) is 43.5 Å². The number of hydrogen-bond acceptors (Lipinski definition) is 5. The van der Waals surface area contributed by atoms with Crippen LogP contribution < -0.4 is 5.32 Å². The van der Waals surface area contributed by atoms with Crippen molar-refractivity contribution in [1.29, 1.82) is 0 Å². The lowest BCUT2D eigenvalue weighted by Crippen LogP contribution is -2.40. The van der Waals surface area contributed by atoms with Crippen molar-refractivity contribution in [3.63, 3.8) is 0 Å². The summed E-state index contributed by atoms with van der Waals surface area (Å²) in [7, 11) is -1.48. The molecule has 1 saturated heterocycles. The number of piperidine rings is 1. The molecule has 1 fully saturated rings. The first-order chi connectivity index (χ1) is 9.98. The summed E-state index contributed by atoms with van der Waals surface area (Å²) in [5, 5.41) is 3.07. The number of nitrogens with one attached hydrogen (secondary N) is 1. The van der Waals surface area contributed by atoms with Gasteiger partial charge in [-0.3, -0.25) is 0 Å². The van der Waals surface area contributed by atoms with Crippen LogP contribution in [0.5, 0.6) is 0 Å². The van der Waals surface area contributed by atoms with Crippen LogP contribution in [0.25, 0.3) is 0 Å². The molecule has 2 rings (SSSR count). The number of sulfonamides is 1. The van der Waals surface area contributed by atoms with Gasteiger partial charge in [-0.2, -0.15) is 4.31 Å². The van der Waals surface area contributed by atoms with E-state index < -0.39 is 10.0 Å². The lowest BCUT2D eigenvalue weighted by Gasteiger charge is -2.30. The molecule has 0 aliphatic carbocycles. The van der Waals surface area contributed by atoms with E-state index in [0.717, 1.165) is 23.3 Å². The molecule has 0 radical (unpaired) electrons. The van der Waals surface area contributed by atoms with E-state index in [4.69, 9.17) is 4.74 Å². The summed E-state index contributed by atoms with van der Waals surface area (Å²) in [6.07, 6.45) is 1.76. The zero-order chi connectivity index (χ0) is 15.5. The second kappa shape index (κ2) is 7.19. The lowest BCUT2D eigenvalue weighted by molar-refractivity contribution is 0.0290. The van der Waals surface area contributed by atoms with E-state index in [1.54, 1.807) is 10.4 Å². The van der Waals surface area contributed by atoms with Crippen molar-refractivity contribution in [3.8, 4) is 0 Å². The van der Waals surface area contributed by atoms with Crippen LogP contribution in [0, 0.1) is 6.92 Å². The van der Waals surface area contributed by atoms with Gasteiger partial charge in [-0.25, -0.2) is 8.42 Å². The SMILES string of the molecule is CCOC1CCN(S(=O)(=O)c2cc(C)c(CNC)s2)CC1. The van der Waals surface area contributed by atoms with Crippen LogP contribution in [-0.2, 0) is 21.3 Å². The maximum atomic E-state index is 12.7. The molecule has 0 unspecified atom stereocenters. The highest BCUT2D eigenvalue weighted by molar-refractivity contribution is 7.91. The number of ether oxygens (including phenoxy) is 1. The maximum Gasteiger partial charge on any atom is 0.252 e. The molecule has 1 N–H and O–H groups in total. The summed E-state index contributed by atoms with van der Waals surface area (Å²) < 4.78 is 33.0. The van der Waals surface area contributed by atoms with E-state index in [9.17, 15) is 8.42 Å². The van der Waals surface area contributed by atoms with Crippen LogP contribution in [0.3, 0.4) is 0 Å². The zero-order valence-electron chi connectivity index (χ0n) is 12.9. The maximum absolute atomic E-state index is 12.7. The third-order valence-electron chi connectivity index (χ3n) is 3.73. The molecule has 5 nitrogen and oxygen atoms in total. The molecule has 1 aromatic heterocycles. The number of rotatable bonds is 6. The molecule has 0 spiro atoms. The topological polar surface area (TPSA) is 58.6 Å². The van der Waals surface area contributed by atoms with E-state index in [1.165, 1.54) is 11.3 Å². The van der Waals surface area contributed by atoms with E-state index >= 15 is 0 Å². The van der Waals surface area contributed by atoms with Crippen molar-refractivity contribution in [3.05, 3.63) is 16.5 Å². The Morgan fingerprint density at radius 3 is 2.67 bits per heavy atom. The van der Waals surface area contributed by atoms with Crippen molar-refractivity contribution < 1.29 is 13.2 Å². The molecule has 120 valence electrons. The van der Waals surface area contributed by atoms with Crippen molar-refractivity contribution in [2.24, 2.45) is 0 Å². The van der Waals surface area contributed by atoms with Gasteiger partial charge in [0.15, 0.2) is 0 Å². The van der Waals surface area contributed by atoms with Gasteiger partial charge in [0.1, 0.15) is 4.21 Å². The summed E-state index contributed by atoms with van der Waals surface area (Å²) in [6, 6.07) is 1.79. The van der Waals surface area contributed by atoms with Gasteiger partial charge >= 0.3 is 0 Å². The van der Waals surface area contributed by atoms with Crippen LogP contribution in [-0.4, -0.2) is 45.6 Å². The molecule has 2 heterocycles. The van der Waals surface area contributed by atoms with Crippen molar-refractivity contribution in [1.82, 2.24) is 9.62 Å². The summed E-state index contributed by atoms with van der Waals surface area (Å²) >= 11 is 1.37. The fraction of sp³-hybridized carbons (Fsp3) is 0.714. The van der Waals surface area contributed by atoms with Gasteiger partial charge < -0.3 is 10.1 Å². The van der Waals surface area contributed by atoms with E-state index in [2.05, 4.69) is 5.32 Å². The summed E-state index contributed by atoms with van der Waals surface area (Å²) in [5.74, 6) is 0. The van der Waals surface area contributed by atoms with E-state index in [0.29, 0.717) is 30.5 Å². The normalized spacial score (nSPS) is 18.2. The third-order valence-corrected chi connectivity index (χ3v) is 7.32. The smallest absolute Gasteiger partial charge is 0.252 e. The van der Waals surface area contributed by atoms with Crippen LogP contribution in [0.2, 0.25) is 0 Å². The number of hydrogen-bond donors (Lipinski definition) is 1. The highest BCUT2D eigenvalue weighted by Gasteiger charge is 2.31. The molecule has 1 aliphatic rings. The Labute approximate surface area is 131 Å². The van der Waals surface area contributed by atoms with E-state index in [-0.39, 0.29) is 6.10 Å². The Morgan fingerprint density at radius 1 is 1.43 bits per heavy atom. The molecule has 0 atom stereocenters. The summed E-state index contributed by atoms with van der Waals surface area (Å²) in [6.45, 7) is 6.42. The first-order valence-electron chi connectivity index (χ1n) is 7.34. The second-order valence-electron chi connectivity index (χ2n) is 5.26. The molecule has 1 aliphatic heterocycles. The van der Waals surface area contributed by atoms with Gasteiger partial charge in [-0.1, -0.05) is 0 Å². The largest absolute Gasteiger partial charge is 0.378 e. The molecule has 0 aromatic carbocycles. The fourth-order valence-corrected chi connectivity index (χ4v) is 5.78. The average Bonchev–Trinajstić information content (AvgIpc) is 2.82. The minimum atomic E-state index is -3.35. The van der Waals surface area contributed by atoms with Crippen LogP contribution in [0.1, 0.15) is 30.2 Å². The Bertz CT molecular complexity index is 561. The standard InChI is InChI=1S/C14H24N2O3S2/c1-4-19-12-5-7-16(8-6-12)21(17,18)14-9-11(2)13(20-14)10-15-3/h9,12,15H,4-8,10H2,1-3H3. The van der Waals surface area contributed by atoms with Gasteiger partial charge in [-0.15, -0.1) is 11.3 Å². The highest BCUT2D eigenvalue weighted by atomic mass is 32.2.